The lowest BCUT2D eigenvalue weighted by atomic mass is 10.1. The first-order valence-corrected chi connectivity index (χ1v) is 6.03. The maximum absolute atomic E-state index is 12.3. The highest BCUT2D eigenvalue weighted by molar-refractivity contribution is 5.23. The molecule has 0 radical (unpaired) electrons. The zero-order valence-corrected chi connectivity index (χ0v) is 10.1. The second kappa shape index (κ2) is 6.78. The molecule has 0 aromatic heterocycles. The van der Waals surface area contributed by atoms with E-state index < -0.39 is 6.43 Å². The van der Waals surface area contributed by atoms with Gasteiger partial charge in [-0.1, -0.05) is 24.3 Å². The van der Waals surface area contributed by atoms with Crippen LogP contribution in [0.3, 0.4) is 0 Å². The first-order chi connectivity index (χ1) is 8.75. The van der Waals surface area contributed by atoms with E-state index >= 15 is 0 Å². The van der Waals surface area contributed by atoms with Gasteiger partial charge in [-0.05, 0) is 5.56 Å². The van der Waals surface area contributed by atoms with Crippen molar-refractivity contribution in [3.8, 4) is 0 Å². The molecule has 0 spiro atoms. The smallest absolute Gasteiger partial charge is 0.263 e. The Kier molecular flexibility index (Phi) is 5.04. The van der Waals surface area contributed by atoms with Crippen LogP contribution in [0.1, 0.15) is 17.6 Å². The van der Waals surface area contributed by atoms with Crippen LogP contribution in [0.25, 0.3) is 0 Å². The highest BCUT2D eigenvalue weighted by atomic mass is 19.3. The molecule has 1 aromatic carbocycles. The van der Waals surface area contributed by atoms with Gasteiger partial charge in [-0.25, -0.2) is 8.78 Å². The van der Waals surface area contributed by atoms with E-state index in [9.17, 15) is 8.78 Å². The van der Waals surface area contributed by atoms with E-state index in [2.05, 4.69) is 5.32 Å². The number of nitrogens with one attached hydrogen (secondary N) is 1. The van der Waals surface area contributed by atoms with E-state index in [1.165, 1.54) is 12.1 Å². The first-order valence-electron chi connectivity index (χ1n) is 6.03. The lowest BCUT2D eigenvalue weighted by Gasteiger charge is -2.23. The Morgan fingerprint density at radius 2 is 2.00 bits per heavy atom. The predicted octanol–water partition coefficient (Wildman–Crippen LogP) is 2.13. The van der Waals surface area contributed by atoms with Crippen LogP contribution >= 0.6 is 0 Å². The normalized spacial score (nSPS) is 20.3. The molecule has 1 fully saturated rings. The van der Waals surface area contributed by atoms with Gasteiger partial charge in [0.1, 0.15) is 0 Å². The Balaban J connectivity index is 1.72. The Labute approximate surface area is 105 Å². The monoisotopic (exact) mass is 257 g/mol. The fraction of sp³-hybridized carbons (Fsp3) is 0.538. The van der Waals surface area contributed by atoms with E-state index in [0.29, 0.717) is 32.9 Å². The van der Waals surface area contributed by atoms with Crippen LogP contribution in [-0.2, 0) is 16.0 Å². The van der Waals surface area contributed by atoms with Crippen LogP contribution < -0.4 is 5.32 Å². The van der Waals surface area contributed by atoms with Crippen LogP contribution in [0.4, 0.5) is 8.78 Å². The number of benzene rings is 1. The summed E-state index contributed by atoms with van der Waals surface area (Å²) in [6.45, 7) is 3.25. The maximum atomic E-state index is 12.3. The lowest BCUT2D eigenvalue weighted by molar-refractivity contribution is -0.0864. The summed E-state index contributed by atoms with van der Waals surface area (Å²) >= 11 is 0. The third-order valence-corrected chi connectivity index (χ3v) is 2.82. The van der Waals surface area contributed by atoms with Crippen molar-refractivity contribution < 1.29 is 18.3 Å². The fourth-order valence-corrected chi connectivity index (χ4v) is 1.81. The number of ether oxygens (including phenoxy) is 2. The van der Waals surface area contributed by atoms with Crippen molar-refractivity contribution in [1.29, 1.82) is 0 Å². The van der Waals surface area contributed by atoms with Crippen molar-refractivity contribution in [2.45, 2.75) is 19.1 Å². The number of rotatable bonds is 5. The molecule has 1 aromatic rings. The minimum atomic E-state index is -2.40. The molecule has 100 valence electrons. The topological polar surface area (TPSA) is 30.5 Å². The van der Waals surface area contributed by atoms with E-state index in [-0.39, 0.29) is 11.7 Å². The molecule has 1 unspecified atom stereocenters. The van der Waals surface area contributed by atoms with Crippen molar-refractivity contribution in [2.24, 2.45) is 0 Å². The average molecular weight is 257 g/mol. The number of halogens is 2. The Bertz CT molecular complexity index is 351. The molecular formula is C13H17F2NO2. The highest BCUT2D eigenvalue weighted by Crippen LogP contribution is 2.18. The molecule has 5 heteroatoms. The summed E-state index contributed by atoms with van der Waals surface area (Å²) in [4.78, 5) is 0. The third-order valence-electron chi connectivity index (χ3n) is 2.82. The molecule has 18 heavy (non-hydrogen) atoms. The van der Waals surface area contributed by atoms with Crippen molar-refractivity contribution in [2.75, 3.05) is 26.4 Å². The summed E-state index contributed by atoms with van der Waals surface area (Å²) in [5.74, 6) is 0. The van der Waals surface area contributed by atoms with Gasteiger partial charge in [-0.15, -0.1) is 0 Å². The molecule has 1 aliphatic heterocycles. The van der Waals surface area contributed by atoms with Crippen LogP contribution in [0.5, 0.6) is 0 Å². The average Bonchev–Trinajstić information content (AvgIpc) is 2.40. The SMILES string of the molecule is FC(F)c1ccc(CNCC2COCCO2)cc1. The van der Waals surface area contributed by atoms with Crippen LogP contribution in [0, 0.1) is 0 Å². The zero-order valence-electron chi connectivity index (χ0n) is 10.1. The van der Waals surface area contributed by atoms with Gasteiger partial charge >= 0.3 is 0 Å². The molecule has 1 saturated heterocycles. The van der Waals surface area contributed by atoms with Gasteiger partial charge < -0.3 is 14.8 Å². The zero-order chi connectivity index (χ0) is 12.8. The molecule has 3 nitrogen and oxygen atoms in total. The minimum absolute atomic E-state index is 0.0581. The van der Waals surface area contributed by atoms with Gasteiger partial charge in [0.15, 0.2) is 0 Å². The summed E-state index contributed by atoms with van der Waals surface area (Å²) in [6.07, 6.45) is -2.32. The van der Waals surface area contributed by atoms with Gasteiger partial charge in [0, 0.05) is 18.7 Å². The van der Waals surface area contributed by atoms with Gasteiger partial charge in [0.25, 0.3) is 6.43 Å². The molecule has 0 saturated carbocycles. The van der Waals surface area contributed by atoms with Crippen molar-refractivity contribution in [3.63, 3.8) is 0 Å². The molecule has 0 aliphatic carbocycles. The summed E-state index contributed by atoms with van der Waals surface area (Å²) in [6, 6.07) is 6.35. The summed E-state index contributed by atoms with van der Waals surface area (Å²) in [5.41, 5.74) is 1.04. The van der Waals surface area contributed by atoms with Crippen molar-refractivity contribution >= 4 is 0 Å². The highest BCUT2D eigenvalue weighted by Gasteiger charge is 2.13. The molecular weight excluding hydrogens is 240 g/mol. The third kappa shape index (κ3) is 4.01. The first kappa shape index (κ1) is 13.4. The van der Waals surface area contributed by atoms with E-state index in [1.807, 2.05) is 0 Å². The summed E-state index contributed by atoms with van der Waals surface area (Å²) in [5, 5.41) is 3.23. The fourth-order valence-electron chi connectivity index (χ4n) is 1.81. The Hall–Kier alpha value is -1.04. The maximum Gasteiger partial charge on any atom is 0.263 e. The van der Waals surface area contributed by atoms with Gasteiger partial charge in [0.2, 0.25) is 0 Å². The molecule has 2 rings (SSSR count). The number of hydrogen-bond donors (Lipinski definition) is 1. The lowest BCUT2D eigenvalue weighted by Crippen LogP contribution is -2.37. The molecule has 1 heterocycles. The van der Waals surface area contributed by atoms with E-state index in [0.717, 1.165) is 5.56 Å². The van der Waals surface area contributed by atoms with E-state index in [1.54, 1.807) is 12.1 Å². The molecule has 0 bridgehead atoms. The van der Waals surface area contributed by atoms with Gasteiger partial charge in [0.05, 0.1) is 25.9 Å². The minimum Gasteiger partial charge on any atom is -0.376 e. The second-order valence-corrected chi connectivity index (χ2v) is 4.24. The summed E-state index contributed by atoms with van der Waals surface area (Å²) < 4.78 is 35.5. The largest absolute Gasteiger partial charge is 0.376 e. The Morgan fingerprint density at radius 1 is 1.22 bits per heavy atom. The van der Waals surface area contributed by atoms with Crippen LogP contribution in [-0.4, -0.2) is 32.5 Å². The predicted molar refractivity (Wildman–Crippen MR) is 63.7 cm³/mol. The molecule has 1 atom stereocenters. The Morgan fingerprint density at radius 3 is 2.61 bits per heavy atom. The van der Waals surface area contributed by atoms with E-state index in [4.69, 9.17) is 9.47 Å². The van der Waals surface area contributed by atoms with Gasteiger partial charge in [-0.2, -0.15) is 0 Å². The quantitative estimate of drug-likeness (QED) is 0.876. The van der Waals surface area contributed by atoms with Crippen LogP contribution in [0.2, 0.25) is 0 Å². The number of alkyl halides is 2. The molecule has 1 aliphatic rings. The van der Waals surface area contributed by atoms with Crippen LogP contribution in [0.15, 0.2) is 24.3 Å². The summed E-state index contributed by atoms with van der Waals surface area (Å²) in [7, 11) is 0. The number of hydrogen-bond acceptors (Lipinski definition) is 3. The molecule has 1 N–H and O–H groups in total. The standard InChI is InChI=1S/C13H17F2NO2/c14-13(15)11-3-1-10(2-4-11)7-16-8-12-9-17-5-6-18-12/h1-4,12-13,16H,5-9H2. The second-order valence-electron chi connectivity index (χ2n) is 4.24. The molecule has 0 amide bonds. The van der Waals surface area contributed by atoms with Gasteiger partial charge in [-0.3, -0.25) is 0 Å². The van der Waals surface area contributed by atoms with Crippen molar-refractivity contribution in [3.05, 3.63) is 35.4 Å². The van der Waals surface area contributed by atoms with Crippen molar-refractivity contribution in [1.82, 2.24) is 5.32 Å².